The molecule has 3 heteroatoms. The molecule has 0 aliphatic carbocycles. The maximum Gasteiger partial charge on any atom is 0.0235 e. The molecule has 1 N–H and O–H groups in total. The van der Waals surface area contributed by atoms with Gasteiger partial charge in [-0.1, -0.05) is 34.6 Å². The van der Waals surface area contributed by atoms with Crippen LogP contribution in [0.3, 0.4) is 0 Å². The van der Waals surface area contributed by atoms with Crippen molar-refractivity contribution in [2.75, 3.05) is 45.8 Å². The lowest BCUT2D eigenvalue weighted by Gasteiger charge is -2.27. The summed E-state index contributed by atoms with van der Waals surface area (Å²) in [6.07, 6.45) is 1.35. The van der Waals surface area contributed by atoms with Crippen LogP contribution in [0.2, 0.25) is 0 Å². The highest BCUT2D eigenvalue weighted by atomic mass is 15.2. The molecule has 1 rings (SSSR count). The van der Waals surface area contributed by atoms with Crippen LogP contribution in [0.25, 0.3) is 0 Å². The summed E-state index contributed by atoms with van der Waals surface area (Å²) >= 11 is 0. The van der Waals surface area contributed by atoms with Gasteiger partial charge in [0.25, 0.3) is 0 Å². The Balaban J connectivity index is 2.20. The SMILES string of the molecule is CCN(CC)C1CCN(CC(C)CNCC(C)C)C1. The van der Waals surface area contributed by atoms with Crippen molar-refractivity contribution >= 4 is 0 Å². The largest absolute Gasteiger partial charge is 0.316 e. The Morgan fingerprint density at radius 1 is 1.16 bits per heavy atom. The summed E-state index contributed by atoms with van der Waals surface area (Å²) in [6, 6.07) is 0.797. The average molecular weight is 269 g/mol. The fourth-order valence-electron chi connectivity index (χ4n) is 3.14. The molecule has 1 saturated heterocycles. The van der Waals surface area contributed by atoms with Gasteiger partial charge in [-0.25, -0.2) is 0 Å². The van der Waals surface area contributed by atoms with E-state index in [4.69, 9.17) is 0 Å². The number of nitrogens with one attached hydrogen (secondary N) is 1. The van der Waals surface area contributed by atoms with Gasteiger partial charge < -0.3 is 10.2 Å². The third kappa shape index (κ3) is 6.24. The van der Waals surface area contributed by atoms with Gasteiger partial charge in [0.05, 0.1) is 0 Å². The zero-order valence-electron chi connectivity index (χ0n) is 13.8. The molecule has 1 aliphatic heterocycles. The van der Waals surface area contributed by atoms with Crippen molar-refractivity contribution in [2.45, 2.75) is 47.1 Å². The molecule has 2 atom stereocenters. The summed E-state index contributed by atoms with van der Waals surface area (Å²) in [7, 11) is 0. The number of likely N-dealkylation sites (N-methyl/N-ethyl adjacent to an activating group) is 1. The maximum atomic E-state index is 3.58. The molecule has 2 unspecified atom stereocenters. The molecule has 19 heavy (non-hydrogen) atoms. The topological polar surface area (TPSA) is 18.5 Å². The summed E-state index contributed by atoms with van der Waals surface area (Å²) in [5.41, 5.74) is 0. The Morgan fingerprint density at radius 3 is 2.42 bits per heavy atom. The highest BCUT2D eigenvalue weighted by molar-refractivity contribution is 4.83. The van der Waals surface area contributed by atoms with E-state index in [0.29, 0.717) is 0 Å². The second-order valence-electron chi connectivity index (χ2n) is 6.58. The smallest absolute Gasteiger partial charge is 0.0235 e. The lowest BCUT2D eigenvalue weighted by molar-refractivity contribution is 0.203. The van der Waals surface area contributed by atoms with Crippen LogP contribution in [0.15, 0.2) is 0 Å². The molecule has 0 bridgehead atoms. The van der Waals surface area contributed by atoms with Gasteiger partial charge in [-0.3, -0.25) is 4.90 Å². The minimum absolute atomic E-state index is 0.756. The summed E-state index contributed by atoms with van der Waals surface area (Å²) in [4.78, 5) is 5.27. The van der Waals surface area contributed by atoms with Crippen LogP contribution in [0.4, 0.5) is 0 Å². The third-order valence-electron chi connectivity index (χ3n) is 4.19. The lowest BCUT2D eigenvalue weighted by Crippen LogP contribution is -2.39. The van der Waals surface area contributed by atoms with Gasteiger partial charge >= 0.3 is 0 Å². The number of hydrogen-bond donors (Lipinski definition) is 1. The molecule has 0 amide bonds. The van der Waals surface area contributed by atoms with E-state index in [1.165, 1.54) is 39.1 Å². The predicted molar refractivity (Wildman–Crippen MR) is 84.6 cm³/mol. The first-order valence-electron chi connectivity index (χ1n) is 8.23. The van der Waals surface area contributed by atoms with Crippen LogP contribution in [-0.2, 0) is 0 Å². The molecule has 0 spiro atoms. The molecule has 1 heterocycles. The normalized spacial score (nSPS) is 22.6. The van der Waals surface area contributed by atoms with Crippen LogP contribution in [0, 0.1) is 11.8 Å². The van der Waals surface area contributed by atoms with E-state index in [0.717, 1.165) is 31.0 Å². The first kappa shape index (κ1) is 16.9. The van der Waals surface area contributed by atoms with Crippen LogP contribution in [-0.4, -0.2) is 61.7 Å². The molecule has 0 aromatic carbocycles. The van der Waals surface area contributed by atoms with E-state index in [1.54, 1.807) is 0 Å². The van der Waals surface area contributed by atoms with Gasteiger partial charge in [0.2, 0.25) is 0 Å². The quantitative estimate of drug-likeness (QED) is 0.693. The second-order valence-corrected chi connectivity index (χ2v) is 6.58. The molecule has 114 valence electrons. The molecule has 1 fully saturated rings. The monoisotopic (exact) mass is 269 g/mol. The van der Waals surface area contributed by atoms with Gasteiger partial charge in [-0.2, -0.15) is 0 Å². The standard InChI is InChI=1S/C16H35N3/c1-6-19(7-2)16-8-9-18(13-16)12-15(5)11-17-10-14(3)4/h14-17H,6-13H2,1-5H3. The minimum atomic E-state index is 0.756. The zero-order valence-corrected chi connectivity index (χ0v) is 13.8. The summed E-state index contributed by atoms with van der Waals surface area (Å²) in [5.74, 6) is 1.51. The average Bonchev–Trinajstić information content (AvgIpc) is 2.78. The summed E-state index contributed by atoms with van der Waals surface area (Å²) < 4.78 is 0. The van der Waals surface area contributed by atoms with Gasteiger partial charge in [0.1, 0.15) is 0 Å². The molecule has 1 aliphatic rings. The first-order chi connectivity index (χ1) is 9.06. The van der Waals surface area contributed by atoms with E-state index in [9.17, 15) is 0 Å². The van der Waals surface area contributed by atoms with Gasteiger partial charge in [-0.15, -0.1) is 0 Å². The Hall–Kier alpha value is -0.120. The molecular weight excluding hydrogens is 234 g/mol. The lowest BCUT2D eigenvalue weighted by atomic mass is 10.1. The van der Waals surface area contributed by atoms with Gasteiger partial charge in [0.15, 0.2) is 0 Å². The van der Waals surface area contributed by atoms with Crippen molar-refractivity contribution in [2.24, 2.45) is 11.8 Å². The molecular formula is C16H35N3. The van der Waals surface area contributed by atoms with Gasteiger partial charge in [-0.05, 0) is 51.0 Å². The van der Waals surface area contributed by atoms with Crippen molar-refractivity contribution < 1.29 is 0 Å². The molecule has 0 aromatic rings. The number of hydrogen-bond acceptors (Lipinski definition) is 3. The Bertz CT molecular complexity index is 226. The first-order valence-corrected chi connectivity index (χ1v) is 8.23. The third-order valence-corrected chi connectivity index (χ3v) is 4.19. The summed E-state index contributed by atoms with van der Waals surface area (Å²) in [5, 5.41) is 3.58. The van der Waals surface area contributed by atoms with Gasteiger partial charge in [0, 0.05) is 19.1 Å². The van der Waals surface area contributed by atoms with E-state index in [1.807, 2.05) is 0 Å². The van der Waals surface area contributed by atoms with Crippen molar-refractivity contribution in [1.82, 2.24) is 15.1 Å². The molecule has 0 radical (unpaired) electrons. The van der Waals surface area contributed by atoms with Crippen LogP contribution in [0.5, 0.6) is 0 Å². The Labute approximate surface area is 120 Å². The number of likely N-dealkylation sites (tertiary alicyclic amines) is 1. The molecule has 0 aromatic heterocycles. The maximum absolute atomic E-state index is 3.58. The summed E-state index contributed by atoms with van der Waals surface area (Å²) in [6.45, 7) is 20.0. The minimum Gasteiger partial charge on any atom is -0.316 e. The Morgan fingerprint density at radius 2 is 1.84 bits per heavy atom. The van der Waals surface area contributed by atoms with Crippen molar-refractivity contribution in [1.29, 1.82) is 0 Å². The zero-order chi connectivity index (χ0) is 14.3. The highest BCUT2D eigenvalue weighted by Gasteiger charge is 2.26. The van der Waals surface area contributed by atoms with Crippen molar-refractivity contribution in [3.8, 4) is 0 Å². The van der Waals surface area contributed by atoms with E-state index in [-0.39, 0.29) is 0 Å². The van der Waals surface area contributed by atoms with E-state index < -0.39 is 0 Å². The van der Waals surface area contributed by atoms with E-state index in [2.05, 4.69) is 49.7 Å². The number of rotatable bonds is 9. The van der Waals surface area contributed by atoms with Crippen LogP contribution < -0.4 is 5.32 Å². The van der Waals surface area contributed by atoms with E-state index >= 15 is 0 Å². The molecule has 3 nitrogen and oxygen atoms in total. The second kappa shape index (κ2) is 8.93. The van der Waals surface area contributed by atoms with Crippen molar-refractivity contribution in [3.63, 3.8) is 0 Å². The van der Waals surface area contributed by atoms with Crippen LogP contribution in [0.1, 0.15) is 41.0 Å². The molecule has 0 saturated carbocycles. The Kier molecular flexibility index (Phi) is 7.96. The fraction of sp³-hybridized carbons (Fsp3) is 1.00. The predicted octanol–water partition coefficient (Wildman–Crippen LogP) is 2.28. The van der Waals surface area contributed by atoms with Crippen molar-refractivity contribution in [3.05, 3.63) is 0 Å². The number of nitrogens with zero attached hydrogens (tertiary/aromatic N) is 2. The fourth-order valence-corrected chi connectivity index (χ4v) is 3.14. The van der Waals surface area contributed by atoms with Crippen LogP contribution >= 0.6 is 0 Å². The highest BCUT2D eigenvalue weighted by Crippen LogP contribution is 2.16.